The van der Waals surface area contributed by atoms with Gasteiger partial charge in [0.2, 0.25) is 0 Å². The van der Waals surface area contributed by atoms with Crippen molar-refractivity contribution in [3.05, 3.63) is 27.4 Å². The third kappa shape index (κ3) is 1.70. The zero-order valence-corrected chi connectivity index (χ0v) is 8.55. The molecule has 0 amide bonds. The Morgan fingerprint density at radius 1 is 1.50 bits per heavy atom. The van der Waals surface area contributed by atoms with Gasteiger partial charge >= 0.3 is 5.69 Å². The van der Waals surface area contributed by atoms with Crippen LogP contribution >= 0.6 is 0 Å². The number of fused-ring (bicyclic) bond motifs is 1. The molecular weight excluding hydrogens is 178 g/mol. The highest BCUT2D eigenvalue weighted by atomic mass is 16.1. The van der Waals surface area contributed by atoms with Gasteiger partial charge in [0.1, 0.15) is 0 Å². The lowest BCUT2D eigenvalue weighted by molar-refractivity contribution is 0.532. The summed E-state index contributed by atoms with van der Waals surface area (Å²) < 4.78 is 0. The summed E-state index contributed by atoms with van der Waals surface area (Å²) in [6, 6.07) is 0.499. The number of rotatable bonds is 0. The number of aromatic amines is 1. The quantitative estimate of drug-likeness (QED) is 0.631. The van der Waals surface area contributed by atoms with Crippen LogP contribution in [0.15, 0.2) is 4.79 Å². The minimum absolute atomic E-state index is 0.226. The summed E-state index contributed by atoms with van der Waals surface area (Å²) in [5.41, 5.74) is 2.84. The lowest BCUT2D eigenvalue weighted by atomic mass is 10.1. The van der Waals surface area contributed by atoms with Crippen LogP contribution in [-0.2, 0) is 13.0 Å². The van der Waals surface area contributed by atoms with Gasteiger partial charge in [0, 0.05) is 23.8 Å². The van der Waals surface area contributed by atoms with Crippen molar-refractivity contribution in [1.82, 2.24) is 15.3 Å². The molecule has 1 atom stereocenters. The zero-order chi connectivity index (χ0) is 10.1. The molecule has 76 valence electrons. The predicted octanol–water partition coefficient (Wildman–Crippen LogP) is 0.503. The first kappa shape index (κ1) is 9.40. The number of hydrogen-bond donors (Lipinski definition) is 2. The normalized spacial score (nSPS) is 21.4. The van der Waals surface area contributed by atoms with E-state index in [1.54, 1.807) is 0 Å². The molecule has 0 bridgehead atoms. The van der Waals surface area contributed by atoms with Crippen molar-refractivity contribution in [2.75, 3.05) is 0 Å². The lowest BCUT2D eigenvalue weighted by Gasteiger charge is -2.08. The molecule has 0 saturated heterocycles. The van der Waals surface area contributed by atoms with Gasteiger partial charge in [-0.1, -0.05) is 0 Å². The van der Waals surface area contributed by atoms with E-state index in [9.17, 15) is 4.79 Å². The second kappa shape index (κ2) is 3.53. The fraction of sp³-hybridized carbons (Fsp3) is 0.600. The number of nitrogens with zero attached hydrogens (tertiary/aromatic N) is 1. The largest absolute Gasteiger partial charge is 0.345 e. The molecule has 1 aliphatic rings. The number of aromatic nitrogens is 2. The van der Waals surface area contributed by atoms with Crippen LogP contribution in [0.3, 0.4) is 0 Å². The molecule has 0 fully saturated rings. The van der Waals surface area contributed by atoms with Crippen molar-refractivity contribution < 1.29 is 0 Å². The molecule has 0 aliphatic carbocycles. The first-order valence-electron chi connectivity index (χ1n) is 4.99. The van der Waals surface area contributed by atoms with Gasteiger partial charge in [-0.2, -0.15) is 4.98 Å². The molecule has 1 aromatic rings. The smallest absolute Gasteiger partial charge is 0.310 e. The van der Waals surface area contributed by atoms with E-state index < -0.39 is 0 Å². The van der Waals surface area contributed by atoms with E-state index in [4.69, 9.17) is 0 Å². The molecule has 2 heterocycles. The summed E-state index contributed by atoms with van der Waals surface area (Å²) in [5.74, 6) is 0. The molecule has 2 N–H and O–H groups in total. The van der Waals surface area contributed by atoms with Crippen LogP contribution < -0.4 is 11.0 Å². The number of nitrogens with one attached hydrogen (secondary N) is 2. The first-order valence-corrected chi connectivity index (χ1v) is 4.99. The second-order valence-electron chi connectivity index (χ2n) is 3.91. The Kier molecular flexibility index (Phi) is 2.37. The van der Waals surface area contributed by atoms with Crippen molar-refractivity contribution in [2.24, 2.45) is 0 Å². The fourth-order valence-electron chi connectivity index (χ4n) is 1.84. The number of hydrogen-bond acceptors (Lipinski definition) is 3. The topological polar surface area (TPSA) is 57.8 Å². The first-order chi connectivity index (χ1) is 6.66. The van der Waals surface area contributed by atoms with E-state index in [0.717, 1.165) is 36.3 Å². The van der Waals surface area contributed by atoms with Crippen LogP contribution in [0.4, 0.5) is 0 Å². The molecule has 4 nitrogen and oxygen atoms in total. The Morgan fingerprint density at radius 2 is 2.29 bits per heavy atom. The Morgan fingerprint density at radius 3 is 3.07 bits per heavy atom. The maximum Gasteiger partial charge on any atom is 0.345 e. The van der Waals surface area contributed by atoms with Gasteiger partial charge in [-0.05, 0) is 26.7 Å². The maximum absolute atomic E-state index is 11.2. The molecule has 1 aliphatic heterocycles. The van der Waals surface area contributed by atoms with E-state index in [1.807, 2.05) is 6.92 Å². The fourth-order valence-corrected chi connectivity index (χ4v) is 1.84. The molecule has 0 spiro atoms. The van der Waals surface area contributed by atoms with Crippen LogP contribution in [0.2, 0.25) is 0 Å². The van der Waals surface area contributed by atoms with E-state index in [1.165, 1.54) is 0 Å². The Balaban J connectivity index is 2.45. The third-order valence-corrected chi connectivity index (χ3v) is 2.77. The minimum Gasteiger partial charge on any atom is -0.310 e. The molecular formula is C10H15N3O. The van der Waals surface area contributed by atoms with Gasteiger partial charge in [-0.15, -0.1) is 0 Å². The zero-order valence-electron chi connectivity index (χ0n) is 8.55. The van der Waals surface area contributed by atoms with E-state index in [-0.39, 0.29) is 5.69 Å². The molecule has 1 unspecified atom stereocenters. The van der Waals surface area contributed by atoms with Crippen molar-refractivity contribution in [3.8, 4) is 0 Å². The minimum atomic E-state index is -0.226. The highest BCUT2D eigenvalue weighted by Gasteiger charge is 2.15. The van der Waals surface area contributed by atoms with Crippen LogP contribution in [0.5, 0.6) is 0 Å². The second-order valence-corrected chi connectivity index (χ2v) is 3.91. The third-order valence-electron chi connectivity index (χ3n) is 2.77. The van der Waals surface area contributed by atoms with Gasteiger partial charge in [0.05, 0.1) is 5.69 Å². The monoisotopic (exact) mass is 193 g/mol. The summed E-state index contributed by atoms with van der Waals surface area (Å²) in [7, 11) is 0. The number of H-pyrrole nitrogens is 1. The lowest BCUT2D eigenvalue weighted by Crippen LogP contribution is -2.24. The molecule has 2 rings (SSSR count). The molecule has 14 heavy (non-hydrogen) atoms. The highest BCUT2D eigenvalue weighted by molar-refractivity contribution is 5.24. The Bertz CT molecular complexity index is 397. The summed E-state index contributed by atoms with van der Waals surface area (Å²) in [4.78, 5) is 17.9. The van der Waals surface area contributed by atoms with Crippen molar-refractivity contribution >= 4 is 0 Å². The molecule has 0 radical (unpaired) electrons. The SMILES string of the molecule is Cc1[nH]c(=O)nc2c1CNC(C)CC2. The van der Waals surface area contributed by atoms with Gasteiger partial charge in [-0.3, -0.25) is 0 Å². The summed E-state index contributed by atoms with van der Waals surface area (Å²) in [6.07, 6.45) is 1.94. The van der Waals surface area contributed by atoms with Crippen LogP contribution in [-0.4, -0.2) is 16.0 Å². The van der Waals surface area contributed by atoms with E-state index in [2.05, 4.69) is 22.2 Å². The number of aryl methyl sites for hydroxylation is 2. The summed E-state index contributed by atoms with van der Waals surface area (Å²) >= 11 is 0. The van der Waals surface area contributed by atoms with Crippen molar-refractivity contribution in [3.63, 3.8) is 0 Å². The van der Waals surface area contributed by atoms with Crippen LogP contribution in [0.1, 0.15) is 30.3 Å². The van der Waals surface area contributed by atoms with Gasteiger partial charge in [0.25, 0.3) is 0 Å². The van der Waals surface area contributed by atoms with Crippen molar-refractivity contribution in [1.29, 1.82) is 0 Å². The highest BCUT2D eigenvalue weighted by Crippen LogP contribution is 2.14. The van der Waals surface area contributed by atoms with E-state index in [0.29, 0.717) is 6.04 Å². The summed E-state index contributed by atoms with van der Waals surface area (Å²) in [5, 5.41) is 3.40. The summed E-state index contributed by atoms with van der Waals surface area (Å²) in [6.45, 7) is 4.90. The molecule has 1 aromatic heterocycles. The van der Waals surface area contributed by atoms with Crippen molar-refractivity contribution in [2.45, 2.75) is 39.3 Å². The van der Waals surface area contributed by atoms with Gasteiger partial charge < -0.3 is 10.3 Å². The Hall–Kier alpha value is -1.16. The molecule has 0 aromatic carbocycles. The standard InChI is InChI=1S/C10H15N3O/c1-6-3-4-9-8(5-11-6)7(2)12-10(14)13-9/h6,11H,3-5H2,1-2H3,(H,12,13,14). The van der Waals surface area contributed by atoms with Crippen LogP contribution in [0.25, 0.3) is 0 Å². The molecule has 4 heteroatoms. The van der Waals surface area contributed by atoms with Crippen LogP contribution in [0, 0.1) is 6.92 Å². The maximum atomic E-state index is 11.2. The van der Waals surface area contributed by atoms with Gasteiger partial charge in [0.15, 0.2) is 0 Å². The Labute approximate surface area is 82.8 Å². The molecule has 0 saturated carbocycles. The van der Waals surface area contributed by atoms with Gasteiger partial charge in [-0.25, -0.2) is 4.79 Å². The van der Waals surface area contributed by atoms with E-state index >= 15 is 0 Å². The average Bonchev–Trinajstić information content (AvgIpc) is 2.28. The predicted molar refractivity (Wildman–Crippen MR) is 54.2 cm³/mol. The average molecular weight is 193 g/mol.